The van der Waals surface area contributed by atoms with Gasteiger partial charge in [-0.1, -0.05) is 0 Å². The van der Waals surface area contributed by atoms with E-state index in [1.54, 1.807) is 25.1 Å². The second-order valence-electron chi connectivity index (χ2n) is 4.25. The minimum absolute atomic E-state index is 0.00622. The third kappa shape index (κ3) is 3.61. The third-order valence-electron chi connectivity index (χ3n) is 2.91. The molecule has 0 spiro atoms. The number of alkyl halides is 3. The molecular formula is C13H15F3N2O. The van der Waals surface area contributed by atoms with E-state index in [-0.39, 0.29) is 11.6 Å². The zero-order valence-electron chi connectivity index (χ0n) is 11.0. The summed E-state index contributed by atoms with van der Waals surface area (Å²) in [6.45, 7) is 2.33. The van der Waals surface area contributed by atoms with Gasteiger partial charge in [-0.05, 0) is 25.1 Å². The van der Waals surface area contributed by atoms with Crippen LogP contribution in [0.2, 0.25) is 0 Å². The quantitative estimate of drug-likeness (QED) is 0.845. The molecule has 0 N–H and O–H groups in total. The molecule has 0 bridgehead atoms. The molecule has 0 heterocycles. The first-order chi connectivity index (χ1) is 8.81. The van der Waals surface area contributed by atoms with Crippen LogP contribution in [-0.2, 0) is 10.9 Å². The Balaban J connectivity index is 3.11. The standard InChI is InChI=1S/C13H15F3N2O/c1-9(8-19-3)18(2)11-4-5-12(13(14,15)16)10(6-11)7-17/h4-6,9H,8H2,1-3H3. The molecule has 0 aliphatic carbocycles. The van der Waals surface area contributed by atoms with Crippen molar-refractivity contribution >= 4 is 5.69 Å². The van der Waals surface area contributed by atoms with Crippen LogP contribution in [0, 0.1) is 11.3 Å². The van der Waals surface area contributed by atoms with Gasteiger partial charge in [0.1, 0.15) is 0 Å². The summed E-state index contributed by atoms with van der Waals surface area (Å²) in [6, 6.07) is 5.12. The molecule has 0 aliphatic heterocycles. The van der Waals surface area contributed by atoms with Gasteiger partial charge in [0, 0.05) is 25.9 Å². The van der Waals surface area contributed by atoms with Gasteiger partial charge in [0.25, 0.3) is 0 Å². The van der Waals surface area contributed by atoms with Crippen molar-refractivity contribution in [3.63, 3.8) is 0 Å². The lowest BCUT2D eigenvalue weighted by atomic mass is 10.1. The number of anilines is 1. The Labute approximate surface area is 110 Å². The maximum atomic E-state index is 12.7. The van der Waals surface area contributed by atoms with E-state index in [1.165, 1.54) is 12.1 Å². The molecule has 0 amide bonds. The van der Waals surface area contributed by atoms with E-state index in [4.69, 9.17) is 10.00 Å². The van der Waals surface area contributed by atoms with Crippen LogP contribution in [-0.4, -0.2) is 26.8 Å². The Hall–Kier alpha value is -1.74. The fourth-order valence-corrected chi connectivity index (χ4v) is 1.70. The number of rotatable bonds is 4. The van der Waals surface area contributed by atoms with Gasteiger partial charge in [0.15, 0.2) is 0 Å². The topological polar surface area (TPSA) is 36.3 Å². The molecule has 1 atom stereocenters. The van der Waals surface area contributed by atoms with Crippen molar-refractivity contribution < 1.29 is 17.9 Å². The molecule has 0 saturated carbocycles. The Morgan fingerprint density at radius 3 is 2.53 bits per heavy atom. The lowest BCUT2D eigenvalue weighted by Gasteiger charge is -2.27. The van der Waals surface area contributed by atoms with E-state index in [0.29, 0.717) is 12.3 Å². The van der Waals surface area contributed by atoms with Gasteiger partial charge in [-0.25, -0.2) is 0 Å². The summed E-state index contributed by atoms with van der Waals surface area (Å²) in [5.74, 6) is 0. The van der Waals surface area contributed by atoms with Crippen LogP contribution in [0.15, 0.2) is 18.2 Å². The van der Waals surface area contributed by atoms with Crippen molar-refractivity contribution in [1.82, 2.24) is 0 Å². The number of halogens is 3. The SMILES string of the molecule is COCC(C)N(C)c1ccc(C(F)(F)F)c(C#N)c1. The van der Waals surface area contributed by atoms with E-state index in [0.717, 1.165) is 6.07 Å². The molecule has 3 nitrogen and oxygen atoms in total. The first-order valence-corrected chi connectivity index (χ1v) is 5.64. The molecule has 0 aliphatic rings. The van der Waals surface area contributed by atoms with Gasteiger partial charge in [-0.2, -0.15) is 18.4 Å². The van der Waals surface area contributed by atoms with E-state index in [1.807, 2.05) is 6.92 Å². The van der Waals surface area contributed by atoms with Gasteiger partial charge < -0.3 is 9.64 Å². The Morgan fingerprint density at radius 2 is 2.05 bits per heavy atom. The van der Waals surface area contributed by atoms with Gasteiger partial charge >= 0.3 is 6.18 Å². The largest absolute Gasteiger partial charge is 0.417 e. The summed E-state index contributed by atoms with van der Waals surface area (Å²) in [6.07, 6.45) is -4.51. The molecule has 0 fully saturated rings. The number of nitrogens with zero attached hydrogens (tertiary/aromatic N) is 2. The van der Waals surface area contributed by atoms with Crippen molar-refractivity contribution in [3.05, 3.63) is 29.3 Å². The highest BCUT2D eigenvalue weighted by Gasteiger charge is 2.33. The van der Waals surface area contributed by atoms with Crippen molar-refractivity contribution in [2.75, 3.05) is 25.7 Å². The molecule has 1 aromatic carbocycles. The van der Waals surface area contributed by atoms with E-state index >= 15 is 0 Å². The second-order valence-corrected chi connectivity index (χ2v) is 4.25. The predicted molar refractivity (Wildman–Crippen MR) is 65.9 cm³/mol. The molecule has 1 unspecified atom stereocenters. The van der Waals surface area contributed by atoms with Crippen molar-refractivity contribution in [3.8, 4) is 6.07 Å². The van der Waals surface area contributed by atoms with Crippen LogP contribution in [0.4, 0.5) is 18.9 Å². The Kier molecular flexibility index (Phi) is 4.78. The first kappa shape index (κ1) is 15.3. The molecule has 6 heteroatoms. The minimum atomic E-state index is -4.51. The molecule has 1 rings (SSSR count). The van der Waals surface area contributed by atoms with Crippen LogP contribution in [0.5, 0.6) is 0 Å². The van der Waals surface area contributed by atoms with Crippen LogP contribution in [0.25, 0.3) is 0 Å². The van der Waals surface area contributed by atoms with Gasteiger partial charge in [-0.3, -0.25) is 0 Å². The molecule has 1 aromatic rings. The third-order valence-corrected chi connectivity index (χ3v) is 2.91. The molecule has 104 valence electrons. The van der Waals surface area contributed by atoms with Crippen molar-refractivity contribution in [1.29, 1.82) is 5.26 Å². The summed E-state index contributed by atoms with van der Waals surface area (Å²) < 4.78 is 43.0. The van der Waals surface area contributed by atoms with Gasteiger partial charge in [0.2, 0.25) is 0 Å². The zero-order chi connectivity index (χ0) is 14.6. The fraction of sp³-hybridized carbons (Fsp3) is 0.462. The number of ether oxygens (including phenoxy) is 1. The van der Waals surface area contributed by atoms with Crippen LogP contribution in [0.1, 0.15) is 18.1 Å². The number of nitriles is 1. The molecular weight excluding hydrogens is 257 g/mol. The lowest BCUT2D eigenvalue weighted by Crippen LogP contribution is -2.32. The minimum Gasteiger partial charge on any atom is -0.383 e. The van der Waals surface area contributed by atoms with Crippen LogP contribution in [0.3, 0.4) is 0 Å². The first-order valence-electron chi connectivity index (χ1n) is 5.64. The number of hydrogen-bond acceptors (Lipinski definition) is 3. The Bertz CT molecular complexity index is 480. The normalized spacial score (nSPS) is 12.9. The maximum Gasteiger partial charge on any atom is 0.417 e. The van der Waals surface area contributed by atoms with Crippen LogP contribution >= 0.6 is 0 Å². The van der Waals surface area contributed by atoms with Crippen LogP contribution < -0.4 is 4.90 Å². The summed E-state index contributed by atoms with van der Waals surface area (Å²) in [7, 11) is 3.30. The molecule has 0 saturated heterocycles. The maximum absolute atomic E-state index is 12.7. The second kappa shape index (κ2) is 5.93. The van der Waals surface area contributed by atoms with Gasteiger partial charge in [0.05, 0.1) is 23.8 Å². The molecule has 0 aromatic heterocycles. The predicted octanol–water partition coefficient (Wildman–Crippen LogP) is 3.05. The van der Waals surface area contributed by atoms with Crippen molar-refractivity contribution in [2.45, 2.75) is 19.1 Å². The average molecular weight is 272 g/mol. The number of benzene rings is 1. The summed E-state index contributed by atoms with van der Waals surface area (Å²) in [4.78, 5) is 1.77. The number of methoxy groups -OCH3 is 1. The number of hydrogen-bond donors (Lipinski definition) is 0. The molecule has 0 radical (unpaired) electrons. The highest BCUT2D eigenvalue weighted by atomic mass is 19.4. The van der Waals surface area contributed by atoms with E-state index in [9.17, 15) is 13.2 Å². The van der Waals surface area contributed by atoms with E-state index in [2.05, 4.69) is 0 Å². The fourth-order valence-electron chi connectivity index (χ4n) is 1.70. The van der Waals surface area contributed by atoms with Crippen molar-refractivity contribution in [2.24, 2.45) is 0 Å². The van der Waals surface area contributed by atoms with E-state index < -0.39 is 11.7 Å². The zero-order valence-corrected chi connectivity index (χ0v) is 11.0. The molecule has 19 heavy (non-hydrogen) atoms. The Morgan fingerprint density at radius 1 is 1.42 bits per heavy atom. The summed E-state index contributed by atoms with van der Waals surface area (Å²) >= 11 is 0. The monoisotopic (exact) mass is 272 g/mol. The summed E-state index contributed by atoms with van der Waals surface area (Å²) in [5, 5.41) is 8.84. The summed E-state index contributed by atoms with van der Waals surface area (Å²) in [5.41, 5.74) is -0.734. The average Bonchev–Trinajstić information content (AvgIpc) is 2.36. The number of likely N-dealkylation sites (N-methyl/N-ethyl adjacent to an activating group) is 1. The lowest BCUT2D eigenvalue weighted by molar-refractivity contribution is -0.137. The smallest absolute Gasteiger partial charge is 0.383 e. The van der Waals surface area contributed by atoms with Gasteiger partial charge in [-0.15, -0.1) is 0 Å². The highest BCUT2D eigenvalue weighted by molar-refractivity contribution is 5.55. The highest BCUT2D eigenvalue weighted by Crippen LogP contribution is 2.33.